The standard InChI is InChI=1S/C24H23NO6/c1-15(18-13-22(29-3)24(31-5)23(14-18)30-4)17-8-11-21(28-2)20(12-17)16-6-9-19(10-7-16)25(26)27/h6-14H,1H2,2-5H3. The first-order chi connectivity index (χ1) is 14.9. The summed E-state index contributed by atoms with van der Waals surface area (Å²) in [6.45, 7) is 4.25. The van der Waals surface area contributed by atoms with Gasteiger partial charge in [0.2, 0.25) is 5.75 Å². The quantitative estimate of drug-likeness (QED) is 0.360. The minimum absolute atomic E-state index is 0.0284. The molecule has 0 aliphatic carbocycles. The van der Waals surface area contributed by atoms with Gasteiger partial charge in [-0.1, -0.05) is 12.6 Å². The average Bonchev–Trinajstić information content (AvgIpc) is 2.82. The molecule has 3 aromatic rings. The molecule has 31 heavy (non-hydrogen) atoms. The predicted octanol–water partition coefficient (Wildman–Crippen LogP) is 5.36. The van der Waals surface area contributed by atoms with Crippen molar-refractivity contribution in [2.45, 2.75) is 0 Å². The molecule has 0 amide bonds. The smallest absolute Gasteiger partial charge is 0.269 e. The molecular formula is C24H23NO6. The maximum atomic E-state index is 11.0. The second-order valence-electron chi connectivity index (χ2n) is 6.61. The zero-order valence-electron chi connectivity index (χ0n) is 17.8. The van der Waals surface area contributed by atoms with Crippen molar-refractivity contribution in [1.82, 2.24) is 0 Å². The van der Waals surface area contributed by atoms with Crippen LogP contribution in [0.3, 0.4) is 0 Å². The van der Waals surface area contributed by atoms with Crippen molar-refractivity contribution in [3.63, 3.8) is 0 Å². The molecule has 0 aromatic heterocycles. The van der Waals surface area contributed by atoms with E-state index in [9.17, 15) is 10.1 Å². The molecule has 0 fully saturated rings. The van der Waals surface area contributed by atoms with Crippen LogP contribution < -0.4 is 18.9 Å². The monoisotopic (exact) mass is 421 g/mol. The molecule has 0 saturated carbocycles. The van der Waals surface area contributed by atoms with E-state index in [0.717, 1.165) is 27.8 Å². The van der Waals surface area contributed by atoms with Crippen molar-refractivity contribution in [2.24, 2.45) is 0 Å². The topological polar surface area (TPSA) is 80.1 Å². The molecule has 0 heterocycles. The lowest BCUT2D eigenvalue weighted by Crippen LogP contribution is -1.98. The van der Waals surface area contributed by atoms with Crippen molar-refractivity contribution in [1.29, 1.82) is 0 Å². The number of hydrogen-bond acceptors (Lipinski definition) is 6. The van der Waals surface area contributed by atoms with Crippen LogP contribution in [0.15, 0.2) is 61.2 Å². The Labute approximate surface area is 180 Å². The molecule has 7 nitrogen and oxygen atoms in total. The Balaban J connectivity index is 2.07. The van der Waals surface area contributed by atoms with Crippen LogP contribution in [0.4, 0.5) is 5.69 Å². The number of nitro benzene ring substituents is 1. The summed E-state index contributed by atoms with van der Waals surface area (Å²) in [5.41, 5.74) is 4.01. The third-order valence-electron chi connectivity index (χ3n) is 4.95. The Morgan fingerprint density at radius 2 is 1.35 bits per heavy atom. The second kappa shape index (κ2) is 9.21. The van der Waals surface area contributed by atoms with Gasteiger partial charge in [-0.3, -0.25) is 10.1 Å². The van der Waals surface area contributed by atoms with Crippen molar-refractivity contribution in [3.05, 3.63) is 82.4 Å². The van der Waals surface area contributed by atoms with E-state index < -0.39 is 4.92 Å². The zero-order chi connectivity index (χ0) is 22.5. The minimum atomic E-state index is -0.427. The first-order valence-electron chi connectivity index (χ1n) is 9.36. The first-order valence-corrected chi connectivity index (χ1v) is 9.36. The van der Waals surface area contributed by atoms with Crippen LogP contribution in [0.1, 0.15) is 11.1 Å². The number of ether oxygens (including phenoxy) is 4. The van der Waals surface area contributed by atoms with Crippen LogP contribution >= 0.6 is 0 Å². The highest BCUT2D eigenvalue weighted by Crippen LogP contribution is 2.41. The lowest BCUT2D eigenvalue weighted by molar-refractivity contribution is -0.384. The van der Waals surface area contributed by atoms with Gasteiger partial charge in [-0.05, 0) is 58.7 Å². The maximum Gasteiger partial charge on any atom is 0.269 e. The minimum Gasteiger partial charge on any atom is -0.496 e. The van der Waals surface area contributed by atoms with Crippen LogP contribution in [-0.4, -0.2) is 33.4 Å². The van der Waals surface area contributed by atoms with E-state index in [1.807, 2.05) is 30.3 Å². The van der Waals surface area contributed by atoms with Crippen LogP contribution in [0.2, 0.25) is 0 Å². The Hall–Kier alpha value is -4.00. The van der Waals surface area contributed by atoms with Crippen LogP contribution in [-0.2, 0) is 0 Å². The third-order valence-corrected chi connectivity index (χ3v) is 4.95. The molecule has 3 rings (SSSR count). The molecule has 0 bridgehead atoms. The summed E-state index contributed by atoms with van der Waals surface area (Å²) in [6, 6.07) is 15.7. The fourth-order valence-corrected chi connectivity index (χ4v) is 3.31. The first kappa shape index (κ1) is 21.7. The van der Waals surface area contributed by atoms with Gasteiger partial charge < -0.3 is 18.9 Å². The zero-order valence-corrected chi connectivity index (χ0v) is 17.8. The van der Waals surface area contributed by atoms with E-state index in [2.05, 4.69) is 6.58 Å². The molecule has 0 aliphatic heterocycles. The van der Waals surface area contributed by atoms with Gasteiger partial charge >= 0.3 is 0 Å². The number of non-ortho nitro benzene ring substituents is 1. The number of benzene rings is 3. The number of hydrogen-bond donors (Lipinski definition) is 0. The summed E-state index contributed by atoms with van der Waals surface area (Å²) < 4.78 is 21.8. The highest BCUT2D eigenvalue weighted by atomic mass is 16.6. The predicted molar refractivity (Wildman–Crippen MR) is 119 cm³/mol. The van der Waals surface area contributed by atoms with E-state index in [1.165, 1.54) is 12.1 Å². The van der Waals surface area contributed by atoms with E-state index in [1.54, 1.807) is 40.6 Å². The average molecular weight is 421 g/mol. The van der Waals surface area contributed by atoms with Gasteiger partial charge in [0.05, 0.1) is 33.4 Å². The molecule has 0 spiro atoms. The molecule has 0 radical (unpaired) electrons. The molecule has 3 aromatic carbocycles. The largest absolute Gasteiger partial charge is 0.496 e. The Morgan fingerprint density at radius 3 is 1.84 bits per heavy atom. The number of nitro groups is 1. The van der Waals surface area contributed by atoms with E-state index in [4.69, 9.17) is 18.9 Å². The summed E-state index contributed by atoms with van der Waals surface area (Å²) in [7, 11) is 6.25. The summed E-state index contributed by atoms with van der Waals surface area (Å²) >= 11 is 0. The molecular weight excluding hydrogens is 398 g/mol. The van der Waals surface area contributed by atoms with Crippen LogP contribution in [0, 0.1) is 10.1 Å². The van der Waals surface area contributed by atoms with Gasteiger partial charge in [-0.15, -0.1) is 0 Å². The van der Waals surface area contributed by atoms with Crippen LogP contribution in [0.5, 0.6) is 23.0 Å². The molecule has 0 atom stereocenters. The van der Waals surface area contributed by atoms with Gasteiger partial charge in [0.15, 0.2) is 11.5 Å². The van der Waals surface area contributed by atoms with E-state index in [0.29, 0.717) is 23.0 Å². The Kier molecular flexibility index (Phi) is 6.45. The van der Waals surface area contributed by atoms with Gasteiger partial charge in [-0.25, -0.2) is 0 Å². The lowest BCUT2D eigenvalue weighted by Gasteiger charge is -2.16. The summed E-state index contributed by atoms with van der Waals surface area (Å²) in [5, 5.41) is 11.0. The van der Waals surface area contributed by atoms with Crippen LogP contribution in [0.25, 0.3) is 16.7 Å². The number of nitrogens with zero attached hydrogens (tertiary/aromatic N) is 1. The summed E-state index contributed by atoms with van der Waals surface area (Å²) in [4.78, 5) is 10.5. The molecule has 160 valence electrons. The molecule has 7 heteroatoms. The van der Waals surface area contributed by atoms with Crippen molar-refractivity contribution in [2.75, 3.05) is 28.4 Å². The van der Waals surface area contributed by atoms with Crippen molar-refractivity contribution in [3.8, 4) is 34.1 Å². The maximum absolute atomic E-state index is 11.0. The summed E-state index contributed by atoms with van der Waals surface area (Å²) in [6.07, 6.45) is 0. The van der Waals surface area contributed by atoms with Gasteiger partial charge in [0, 0.05) is 17.7 Å². The van der Waals surface area contributed by atoms with E-state index >= 15 is 0 Å². The molecule has 0 unspecified atom stereocenters. The molecule has 0 saturated heterocycles. The third kappa shape index (κ3) is 4.30. The SMILES string of the molecule is C=C(c1cc(OC)c(OC)c(OC)c1)c1ccc(OC)c(-c2ccc([N+](=O)[O-])cc2)c1. The van der Waals surface area contributed by atoms with Gasteiger partial charge in [0.1, 0.15) is 5.75 Å². The van der Waals surface area contributed by atoms with Crippen molar-refractivity contribution < 1.29 is 23.9 Å². The molecule has 0 N–H and O–H groups in total. The Morgan fingerprint density at radius 1 is 0.774 bits per heavy atom. The lowest BCUT2D eigenvalue weighted by atomic mass is 9.94. The fourth-order valence-electron chi connectivity index (χ4n) is 3.31. The summed E-state index contributed by atoms with van der Waals surface area (Å²) in [5.74, 6) is 2.21. The molecule has 0 aliphatic rings. The number of rotatable bonds is 8. The van der Waals surface area contributed by atoms with Gasteiger partial charge in [0.25, 0.3) is 5.69 Å². The highest BCUT2D eigenvalue weighted by Gasteiger charge is 2.17. The Bertz CT molecular complexity index is 1100. The highest BCUT2D eigenvalue weighted by molar-refractivity contribution is 5.84. The normalized spacial score (nSPS) is 10.3. The number of methoxy groups -OCH3 is 4. The second-order valence-corrected chi connectivity index (χ2v) is 6.61. The van der Waals surface area contributed by atoms with Crippen molar-refractivity contribution >= 4 is 11.3 Å². The van der Waals surface area contributed by atoms with Gasteiger partial charge in [-0.2, -0.15) is 0 Å². The fraction of sp³-hybridized carbons (Fsp3) is 0.167. The van der Waals surface area contributed by atoms with E-state index in [-0.39, 0.29) is 5.69 Å².